The maximum Gasteiger partial charge on any atom is 0.0733 e. The van der Waals surface area contributed by atoms with Crippen molar-refractivity contribution in [2.24, 2.45) is 0 Å². The number of nitrogens with zero attached hydrogens (tertiary/aromatic N) is 1. The van der Waals surface area contributed by atoms with Gasteiger partial charge in [0.15, 0.2) is 0 Å². The van der Waals surface area contributed by atoms with Crippen LogP contribution in [0.4, 0.5) is 0 Å². The summed E-state index contributed by atoms with van der Waals surface area (Å²) in [5.74, 6) is 0. The van der Waals surface area contributed by atoms with E-state index in [1.807, 2.05) is 12.3 Å². The van der Waals surface area contributed by atoms with Crippen molar-refractivity contribution in [3.8, 4) is 0 Å². The molecule has 2 aromatic rings. The topological polar surface area (TPSA) is 34.1 Å². The van der Waals surface area contributed by atoms with Gasteiger partial charge in [0.2, 0.25) is 0 Å². The van der Waals surface area contributed by atoms with E-state index in [4.69, 9.17) is 4.74 Å². The quantitative estimate of drug-likeness (QED) is 0.914. The number of hydrogen-bond donors (Lipinski definition) is 1. The first kappa shape index (κ1) is 11.4. The van der Waals surface area contributed by atoms with E-state index < -0.39 is 0 Å². The molecule has 0 spiro atoms. The lowest BCUT2D eigenvalue weighted by Gasteiger charge is -2.20. The third kappa shape index (κ3) is 2.03. The number of pyridine rings is 1. The van der Waals surface area contributed by atoms with Crippen LogP contribution >= 0.6 is 0 Å². The second-order valence-electron chi connectivity index (χ2n) is 5.58. The highest BCUT2D eigenvalue weighted by Crippen LogP contribution is 2.34. The molecule has 2 fully saturated rings. The lowest BCUT2D eigenvalue weighted by molar-refractivity contribution is 0.0973. The Labute approximate surface area is 113 Å². The Bertz CT molecular complexity index is 593. The van der Waals surface area contributed by atoms with E-state index in [9.17, 15) is 0 Å². The van der Waals surface area contributed by atoms with Crippen molar-refractivity contribution < 1.29 is 4.74 Å². The summed E-state index contributed by atoms with van der Waals surface area (Å²) in [5.41, 5.74) is 2.40. The van der Waals surface area contributed by atoms with Crippen molar-refractivity contribution in [3.05, 3.63) is 42.1 Å². The van der Waals surface area contributed by atoms with Crippen LogP contribution in [0.3, 0.4) is 0 Å². The molecule has 3 heteroatoms. The molecule has 2 saturated heterocycles. The Balaban J connectivity index is 1.52. The number of nitrogens with one attached hydrogen (secondary N) is 1. The number of rotatable bonds is 3. The van der Waals surface area contributed by atoms with Gasteiger partial charge in [-0.05, 0) is 37.0 Å². The molecule has 1 N–H and O–H groups in total. The predicted molar refractivity (Wildman–Crippen MR) is 74.9 cm³/mol. The minimum absolute atomic E-state index is 0.443. The summed E-state index contributed by atoms with van der Waals surface area (Å²) in [7, 11) is 0. The van der Waals surface area contributed by atoms with E-state index in [-0.39, 0.29) is 0 Å². The van der Waals surface area contributed by atoms with Gasteiger partial charge in [-0.1, -0.05) is 18.2 Å². The molecule has 3 atom stereocenters. The molecule has 0 amide bonds. The van der Waals surface area contributed by atoms with Crippen molar-refractivity contribution in [3.63, 3.8) is 0 Å². The third-order valence-electron chi connectivity index (χ3n) is 4.40. The summed E-state index contributed by atoms with van der Waals surface area (Å²) in [4.78, 5) is 4.41. The van der Waals surface area contributed by atoms with Gasteiger partial charge in [-0.2, -0.15) is 0 Å². The standard InChI is InChI=1S/C16H18N2O/c1-2-4-14-13(3-1)11(7-8-17-14)10-18-15-9-12-5-6-16(15)19-12/h1-4,7-8,12,15-16,18H,5-6,9-10H2. The van der Waals surface area contributed by atoms with Gasteiger partial charge >= 0.3 is 0 Å². The first-order chi connectivity index (χ1) is 9.40. The summed E-state index contributed by atoms with van der Waals surface area (Å²) < 4.78 is 5.89. The van der Waals surface area contributed by atoms with Crippen molar-refractivity contribution in [2.45, 2.75) is 44.1 Å². The molecule has 98 valence electrons. The molecule has 3 unspecified atom stereocenters. The highest BCUT2D eigenvalue weighted by molar-refractivity contribution is 5.81. The smallest absolute Gasteiger partial charge is 0.0733 e. The second-order valence-corrected chi connectivity index (χ2v) is 5.58. The number of ether oxygens (including phenoxy) is 1. The highest BCUT2D eigenvalue weighted by atomic mass is 16.5. The lowest BCUT2D eigenvalue weighted by atomic mass is 9.95. The minimum atomic E-state index is 0.443. The van der Waals surface area contributed by atoms with E-state index in [1.165, 1.54) is 30.2 Å². The zero-order chi connectivity index (χ0) is 12.7. The molecule has 1 aromatic carbocycles. The largest absolute Gasteiger partial charge is 0.373 e. The SMILES string of the molecule is c1ccc2c(CNC3CC4CCC3O4)ccnc2c1. The average molecular weight is 254 g/mol. The molecule has 3 nitrogen and oxygen atoms in total. The van der Waals surface area contributed by atoms with E-state index >= 15 is 0 Å². The monoisotopic (exact) mass is 254 g/mol. The summed E-state index contributed by atoms with van der Waals surface area (Å²) >= 11 is 0. The Morgan fingerprint density at radius 3 is 3.00 bits per heavy atom. The van der Waals surface area contributed by atoms with E-state index in [2.05, 4.69) is 34.6 Å². The van der Waals surface area contributed by atoms with E-state index in [0.29, 0.717) is 18.2 Å². The van der Waals surface area contributed by atoms with Gasteiger partial charge in [-0.3, -0.25) is 4.98 Å². The summed E-state index contributed by atoms with van der Waals surface area (Å²) in [6, 6.07) is 11.0. The molecule has 4 rings (SSSR count). The fraction of sp³-hybridized carbons (Fsp3) is 0.438. The van der Waals surface area contributed by atoms with Crippen LogP contribution in [0, 0.1) is 0 Å². The van der Waals surface area contributed by atoms with Gasteiger partial charge in [0.1, 0.15) is 0 Å². The molecular formula is C16H18N2O. The predicted octanol–water partition coefficient (Wildman–Crippen LogP) is 2.64. The normalized spacial score (nSPS) is 29.2. The highest BCUT2D eigenvalue weighted by Gasteiger charge is 2.40. The van der Waals surface area contributed by atoms with Crippen LogP contribution in [0.25, 0.3) is 10.9 Å². The van der Waals surface area contributed by atoms with Crippen LogP contribution < -0.4 is 5.32 Å². The Morgan fingerprint density at radius 1 is 1.21 bits per heavy atom. The van der Waals surface area contributed by atoms with Crippen molar-refractivity contribution in [2.75, 3.05) is 0 Å². The first-order valence-corrected chi connectivity index (χ1v) is 7.11. The Morgan fingerprint density at radius 2 is 2.16 bits per heavy atom. The van der Waals surface area contributed by atoms with E-state index in [0.717, 1.165) is 12.1 Å². The number of benzene rings is 1. The first-order valence-electron chi connectivity index (χ1n) is 7.11. The molecule has 0 radical (unpaired) electrons. The van der Waals surface area contributed by atoms with Gasteiger partial charge in [0.05, 0.1) is 17.7 Å². The molecule has 0 aliphatic carbocycles. The molecule has 0 saturated carbocycles. The van der Waals surface area contributed by atoms with Gasteiger partial charge in [-0.25, -0.2) is 0 Å². The molecule has 19 heavy (non-hydrogen) atoms. The molecule has 2 aliphatic heterocycles. The van der Waals surface area contributed by atoms with Gasteiger partial charge in [-0.15, -0.1) is 0 Å². The maximum absolute atomic E-state index is 5.89. The summed E-state index contributed by atoms with van der Waals surface area (Å²) in [5, 5.41) is 4.92. The van der Waals surface area contributed by atoms with Crippen LogP contribution in [-0.4, -0.2) is 23.2 Å². The van der Waals surface area contributed by atoms with Gasteiger partial charge in [0, 0.05) is 24.2 Å². The fourth-order valence-corrected chi connectivity index (χ4v) is 3.40. The molecular weight excluding hydrogens is 236 g/mol. The fourth-order valence-electron chi connectivity index (χ4n) is 3.40. The Kier molecular flexibility index (Phi) is 2.75. The Hall–Kier alpha value is -1.45. The number of fused-ring (bicyclic) bond motifs is 3. The third-order valence-corrected chi connectivity index (χ3v) is 4.40. The zero-order valence-electron chi connectivity index (χ0n) is 10.9. The lowest BCUT2D eigenvalue weighted by Crippen LogP contribution is -2.37. The summed E-state index contributed by atoms with van der Waals surface area (Å²) in [6.45, 7) is 0.903. The van der Waals surface area contributed by atoms with Gasteiger partial charge < -0.3 is 10.1 Å². The van der Waals surface area contributed by atoms with E-state index in [1.54, 1.807) is 0 Å². The van der Waals surface area contributed by atoms with Crippen LogP contribution in [0.2, 0.25) is 0 Å². The van der Waals surface area contributed by atoms with Crippen LogP contribution in [-0.2, 0) is 11.3 Å². The molecule has 1 aromatic heterocycles. The minimum Gasteiger partial charge on any atom is -0.373 e. The number of para-hydroxylation sites is 1. The van der Waals surface area contributed by atoms with Crippen molar-refractivity contribution >= 4 is 10.9 Å². The second kappa shape index (κ2) is 4.58. The molecule has 3 heterocycles. The van der Waals surface area contributed by atoms with Crippen LogP contribution in [0.5, 0.6) is 0 Å². The number of aromatic nitrogens is 1. The van der Waals surface area contributed by atoms with Crippen LogP contribution in [0.15, 0.2) is 36.5 Å². The van der Waals surface area contributed by atoms with Crippen molar-refractivity contribution in [1.29, 1.82) is 0 Å². The summed E-state index contributed by atoms with van der Waals surface area (Å²) in [6.07, 6.45) is 6.50. The van der Waals surface area contributed by atoms with Crippen molar-refractivity contribution in [1.82, 2.24) is 10.3 Å². The van der Waals surface area contributed by atoms with Crippen LogP contribution in [0.1, 0.15) is 24.8 Å². The maximum atomic E-state index is 5.89. The molecule has 2 bridgehead atoms. The zero-order valence-corrected chi connectivity index (χ0v) is 10.9. The average Bonchev–Trinajstić information content (AvgIpc) is 3.07. The van der Waals surface area contributed by atoms with Gasteiger partial charge in [0.25, 0.3) is 0 Å². The molecule has 2 aliphatic rings. The number of hydrogen-bond acceptors (Lipinski definition) is 3.